The van der Waals surface area contributed by atoms with Gasteiger partial charge in [0.25, 0.3) is 0 Å². The number of hydrogen-bond acceptors (Lipinski definition) is 3. The van der Waals surface area contributed by atoms with Gasteiger partial charge in [-0.3, -0.25) is 0 Å². The van der Waals surface area contributed by atoms with E-state index in [0.717, 1.165) is 10.5 Å². The molecule has 0 bridgehead atoms. The van der Waals surface area contributed by atoms with Crippen molar-refractivity contribution in [2.45, 2.75) is 25.9 Å². The third-order valence-electron chi connectivity index (χ3n) is 2.96. The molecule has 106 valence electrons. The molecule has 0 heterocycles. The molecule has 0 radical (unpaired) electrons. The normalized spacial score (nSPS) is 11.2. The lowest BCUT2D eigenvalue weighted by molar-refractivity contribution is -0.141. The highest BCUT2D eigenvalue weighted by molar-refractivity contribution is 5.82. The number of urea groups is 1. The Bertz CT molecular complexity index is 537. The third-order valence-corrected chi connectivity index (χ3v) is 2.96. The van der Waals surface area contributed by atoms with Crippen molar-refractivity contribution in [1.82, 2.24) is 10.2 Å². The number of amides is 2. The number of hydrogen-bond donors (Lipinski definition) is 2. The van der Waals surface area contributed by atoms with Crippen LogP contribution in [-0.2, 0) is 11.3 Å². The number of carboxylic acids is 1. The Morgan fingerprint density at radius 3 is 2.75 bits per heavy atom. The summed E-state index contributed by atoms with van der Waals surface area (Å²) in [6.45, 7) is 1.95. The van der Waals surface area contributed by atoms with Crippen molar-refractivity contribution in [2.75, 3.05) is 7.05 Å². The van der Waals surface area contributed by atoms with Crippen LogP contribution in [0.2, 0.25) is 0 Å². The third kappa shape index (κ3) is 3.99. The van der Waals surface area contributed by atoms with Gasteiger partial charge in [0.2, 0.25) is 0 Å². The largest absolute Gasteiger partial charge is 0.480 e. The van der Waals surface area contributed by atoms with Gasteiger partial charge in [0.15, 0.2) is 0 Å². The van der Waals surface area contributed by atoms with Crippen molar-refractivity contribution in [3.63, 3.8) is 0 Å². The number of likely N-dealkylation sites (N-methyl/N-ethyl adjacent to an activating group) is 1. The SMILES string of the molecule is CCC(C(=O)O)N(C)C(=O)NCc1cccc(C#N)c1. The second-order valence-corrected chi connectivity index (χ2v) is 4.34. The molecule has 0 aromatic heterocycles. The van der Waals surface area contributed by atoms with Crippen LogP contribution < -0.4 is 5.32 Å². The van der Waals surface area contributed by atoms with Crippen LogP contribution in [0.15, 0.2) is 24.3 Å². The lowest BCUT2D eigenvalue weighted by Crippen LogP contribution is -2.46. The Balaban J connectivity index is 2.62. The van der Waals surface area contributed by atoms with Crippen molar-refractivity contribution in [3.8, 4) is 6.07 Å². The molecule has 2 amide bonds. The average molecular weight is 275 g/mol. The maximum absolute atomic E-state index is 11.9. The minimum atomic E-state index is -1.03. The second-order valence-electron chi connectivity index (χ2n) is 4.34. The van der Waals surface area contributed by atoms with Crippen molar-refractivity contribution in [1.29, 1.82) is 5.26 Å². The Kier molecular flexibility index (Phi) is 5.54. The number of carbonyl (C=O) groups is 2. The summed E-state index contributed by atoms with van der Waals surface area (Å²) < 4.78 is 0. The van der Waals surface area contributed by atoms with Crippen LogP contribution in [0.25, 0.3) is 0 Å². The van der Waals surface area contributed by atoms with Crippen LogP contribution in [0.3, 0.4) is 0 Å². The summed E-state index contributed by atoms with van der Waals surface area (Å²) in [5.41, 5.74) is 1.30. The molecule has 1 rings (SSSR count). The predicted octanol–water partition coefficient (Wildman–Crippen LogP) is 1.56. The van der Waals surface area contributed by atoms with E-state index in [2.05, 4.69) is 5.32 Å². The zero-order valence-corrected chi connectivity index (χ0v) is 11.5. The van der Waals surface area contributed by atoms with Crippen LogP contribution in [0, 0.1) is 11.3 Å². The van der Waals surface area contributed by atoms with Crippen molar-refractivity contribution in [3.05, 3.63) is 35.4 Å². The van der Waals surface area contributed by atoms with Crippen LogP contribution >= 0.6 is 0 Å². The topological polar surface area (TPSA) is 93.4 Å². The first-order valence-corrected chi connectivity index (χ1v) is 6.22. The molecule has 1 aromatic rings. The molecule has 1 aromatic carbocycles. The van der Waals surface area contributed by atoms with Gasteiger partial charge in [-0.25, -0.2) is 9.59 Å². The summed E-state index contributed by atoms with van der Waals surface area (Å²) in [4.78, 5) is 24.0. The Labute approximate surface area is 117 Å². The summed E-state index contributed by atoms with van der Waals surface area (Å²) >= 11 is 0. The van der Waals surface area contributed by atoms with Gasteiger partial charge in [-0.05, 0) is 24.1 Å². The van der Waals surface area contributed by atoms with Crippen molar-refractivity contribution >= 4 is 12.0 Å². The van der Waals surface area contributed by atoms with Gasteiger partial charge in [0.1, 0.15) is 6.04 Å². The van der Waals surface area contributed by atoms with E-state index in [1.165, 1.54) is 7.05 Å². The smallest absolute Gasteiger partial charge is 0.326 e. The summed E-state index contributed by atoms with van der Waals surface area (Å²) in [6, 6.07) is 7.59. The number of carboxylic acid groups (broad SMARTS) is 1. The summed E-state index contributed by atoms with van der Waals surface area (Å²) in [5, 5.41) is 20.4. The second kappa shape index (κ2) is 7.14. The number of carbonyl (C=O) groups excluding carboxylic acids is 1. The first-order chi connectivity index (χ1) is 9.49. The van der Waals surface area contributed by atoms with Gasteiger partial charge in [0.05, 0.1) is 11.6 Å². The van der Waals surface area contributed by atoms with E-state index in [0.29, 0.717) is 12.0 Å². The van der Waals surface area contributed by atoms with E-state index in [4.69, 9.17) is 10.4 Å². The van der Waals surface area contributed by atoms with Gasteiger partial charge in [-0.2, -0.15) is 5.26 Å². The molecule has 2 N–H and O–H groups in total. The molecule has 0 saturated carbocycles. The van der Waals surface area contributed by atoms with E-state index < -0.39 is 18.0 Å². The van der Waals surface area contributed by atoms with Crippen LogP contribution in [0.5, 0.6) is 0 Å². The van der Waals surface area contributed by atoms with Crippen molar-refractivity contribution in [2.24, 2.45) is 0 Å². The Morgan fingerprint density at radius 2 is 2.20 bits per heavy atom. The lowest BCUT2D eigenvalue weighted by atomic mass is 10.1. The molecular formula is C14H17N3O3. The first-order valence-electron chi connectivity index (χ1n) is 6.22. The molecule has 6 nitrogen and oxygen atoms in total. The summed E-state index contributed by atoms with van der Waals surface area (Å²) in [5.74, 6) is -1.03. The minimum absolute atomic E-state index is 0.245. The molecule has 1 unspecified atom stereocenters. The van der Waals surface area contributed by atoms with E-state index in [-0.39, 0.29) is 6.54 Å². The Hall–Kier alpha value is -2.55. The van der Waals surface area contributed by atoms with Gasteiger partial charge < -0.3 is 15.3 Å². The molecule has 1 atom stereocenters. The van der Waals surface area contributed by atoms with E-state index in [9.17, 15) is 9.59 Å². The zero-order valence-electron chi connectivity index (χ0n) is 11.5. The average Bonchev–Trinajstić information content (AvgIpc) is 2.45. The highest BCUT2D eigenvalue weighted by atomic mass is 16.4. The summed E-state index contributed by atoms with van der Waals surface area (Å²) in [6.07, 6.45) is 0.336. The minimum Gasteiger partial charge on any atom is -0.480 e. The number of nitriles is 1. The fourth-order valence-electron chi connectivity index (χ4n) is 1.81. The predicted molar refractivity (Wildman–Crippen MR) is 72.9 cm³/mol. The fraction of sp³-hybridized carbons (Fsp3) is 0.357. The number of rotatable bonds is 5. The maximum Gasteiger partial charge on any atom is 0.326 e. The van der Waals surface area contributed by atoms with Crippen LogP contribution in [-0.4, -0.2) is 35.1 Å². The van der Waals surface area contributed by atoms with E-state index >= 15 is 0 Å². The van der Waals surface area contributed by atoms with Gasteiger partial charge in [-0.1, -0.05) is 19.1 Å². The Morgan fingerprint density at radius 1 is 1.50 bits per heavy atom. The molecule has 0 spiro atoms. The van der Waals surface area contributed by atoms with Gasteiger partial charge in [-0.15, -0.1) is 0 Å². The van der Waals surface area contributed by atoms with Gasteiger partial charge >= 0.3 is 12.0 Å². The molecule has 6 heteroatoms. The molecule has 0 fully saturated rings. The lowest BCUT2D eigenvalue weighted by Gasteiger charge is -2.24. The quantitative estimate of drug-likeness (QED) is 0.852. The van der Waals surface area contributed by atoms with Crippen LogP contribution in [0.4, 0.5) is 4.79 Å². The van der Waals surface area contributed by atoms with E-state index in [1.807, 2.05) is 6.07 Å². The van der Waals surface area contributed by atoms with Crippen molar-refractivity contribution < 1.29 is 14.7 Å². The molecule has 0 saturated heterocycles. The van der Waals surface area contributed by atoms with Crippen LogP contribution in [0.1, 0.15) is 24.5 Å². The number of nitrogens with zero attached hydrogens (tertiary/aromatic N) is 2. The number of benzene rings is 1. The molecular weight excluding hydrogens is 258 g/mol. The highest BCUT2D eigenvalue weighted by Crippen LogP contribution is 2.05. The molecule has 0 aliphatic carbocycles. The first kappa shape index (κ1) is 15.5. The fourth-order valence-corrected chi connectivity index (χ4v) is 1.81. The summed E-state index contributed by atoms with van der Waals surface area (Å²) in [7, 11) is 1.45. The maximum atomic E-state index is 11.9. The molecule has 20 heavy (non-hydrogen) atoms. The van der Waals surface area contributed by atoms with Gasteiger partial charge in [0, 0.05) is 13.6 Å². The number of nitrogens with one attached hydrogen (secondary N) is 1. The molecule has 0 aliphatic heterocycles. The van der Waals surface area contributed by atoms with E-state index in [1.54, 1.807) is 31.2 Å². The monoisotopic (exact) mass is 275 g/mol. The standard InChI is InChI=1S/C14H17N3O3/c1-3-12(13(18)19)17(2)14(20)16-9-11-6-4-5-10(7-11)8-15/h4-7,12H,3,9H2,1-2H3,(H,16,20)(H,18,19). The highest BCUT2D eigenvalue weighted by Gasteiger charge is 2.24. The number of aliphatic carboxylic acids is 1. The molecule has 0 aliphatic rings. The zero-order chi connectivity index (χ0) is 15.1.